The molecule has 0 saturated heterocycles. The Morgan fingerprint density at radius 1 is 0.889 bits per heavy atom. The summed E-state index contributed by atoms with van der Waals surface area (Å²) in [4.78, 5) is 13.3. The largest absolute Gasteiger partial charge is 0.461 e. The second-order valence-corrected chi connectivity index (χ2v) is 9.35. The van der Waals surface area contributed by atoms with E-state index in [1.807, 2.05) is 12.1 Å². The standard InChI is InChI=1S/C25H28O2/c1-25(2)19-14-13-18(15-19)23(25)27-24(26)22-20(16-9-5-3-6-10-16)21(22)17-11-7-4-8-12-17/h3-12,18-23H,13-15H2,1-2H3/t18-,19+,20-,21+,22?,23-/m1/s1. The molecule has 2 bridgehead atoms. The first-order valence-corrected chi connectivity index (χ1v) is 10.4. The predicted molar refractivity (Wildman–Crippen MR) is 106 cm³/mol. The molecule has 0 spiro atoms. The number of benzene rings is 2. The van der Waals surface area contributed by atoms with Gasteiger partial charge in [0.25, 0.3) is 0 Å². The molecule has 0 aromatic heterocycles. The minimum Gasteiger partial charge on any atom is -0.461 e. The minimum atomic E-state index is -0.0512. The second-order valence-electron chi connectivity index (χ2n) is 9.35. The van der Waals surface area contributed by atoms with Crippen LogP contribution in [0.3, 0.4) is 0 Å². The maximum Gasteiger partial charge on any atom is 0.310 e. The third-order valence-corrected chi connectivity index (χ3v) is 7.59. The molecule has 3 saturated carbocycles. The van der Waals surface area contributed by atoms with Crippen LogP contribution in [0.2, 0.25) is 0 Å². The first-order valence-electron chi connectivity index (χ1n) is 10.4. The van der Waals surface area contributed by atoms with Crippen molar-refractivity contribution < 1.29 is 9.53 Å². The van der Waals surface area contributed by atoms with Gasteiger partial charge < -0.3 is 4.74 Å². The van der Waals surface area contributed by atoms with Crippen molar-refractivity contribution in [3.05, 3.63) is 71.8 Å². The quantitative estimate of drug-likeness (QED) is 0.668. The molecule has 140 valence electrons. The molecule has 0 aliphatic heterocycles. The number of rotatable bonds is 4. The van der Waals surface area contributed by atoms with E-state index < -0.39 is 0 Å². The maximum atomic E-state index is 13.3. The minimum absolute atomic E-state index is 0.0170. The Hall–Kier alpha value is -2.09. The number of hydrogen-bond acceptors (Lipinski definition) is 2. The summed E-state index contributed by atoms with van der Waals surface area (Å²) in [5, 5.41) is 0. The first-order chi connectivity index (χ1) is 13.1. The highest BCUT2D eigenvalue weighted by atomic mass is 16.5. The van der Waals surface area contributed by atoms with Gasteiger partial charge in [0.15, 0.2) is 0 Å². The molecule has 1 unspecified atom stereocenters. The Bertz CT molecular complexity index is 780. The molecule has 6 atom stereocenters. The summed E-state index contributed by atoms with van der Waals surface area (Å²) in [5.41, 5.74) is 2.62. The van der Waals surface area contributed by atoms with Gasteiger partial charge in [-0.3, -0.25) is 4.79 Å². The topological polar surface area (TPSA) is 26.3 Å². The number of esters is 1. The molecule has 0 amide bonds. The summed E-state index contributed by atoms with van der Waals surface area (Å²) >= 11 is 0. The summed E-state index contributed by atoms with van der Waals surface area (Å²) in [6.07, 6.45) is 3.85. The van der Waals surface area contributed by atoms with Gasteiger partial charge in [-0.2, -0.15) is 0 Å². The number of hydrogen-bond donors (Lipinski definition) is 0. The van der Waals surface area contributed by atoms with Gasteiger partial charge in [0.2, 0.25) is 0 Å². The van der Waals surface area contributed by atoms with Crippen molar-refractivity contribution >= 4 is 5.97 Å². The molecule has 5 rings (SSSR count). The average molecular weight is 360 g/mol. The lowest BCUT2D eigenvalue weighted by Crippen LogP contribution is -2.39. The van der Waals surface area contributed by atoms with Gasteiger partial charge in [0.1, 0.15) is 6.10 Å². The number of carbonyl (C=O) groups excluding carboxylic acids is 1. The normalized spacial score (nSPS) is 35.8. The van der Waals surface area contributed by atoms with Gasteiger partial charge in [-0.1, -0.05) is 74.5 Å². The van der Waals surface area contributed by atoms with Crippen LogP contribution in [0.1, 0.15) is 56.1 Å². The van der Waals surface area contributed by atoms with Crippen LogP contribution in [-0.4, -0.2) is 12.1 Å². The maximum absolute atomic E-state index is 13.3. The highest BCUT2D eigenvalue weighted by Gasteiger charge is 2.60. The van der Waals surface area contributed by atoms with Gasteiger partial charge in [0.05, 0.1) is 5.92 Å². The second kappa shape index (κ2) is 6.22. The zero-order chi connectivity index (χ0) is 18.6. The predicted octanol–water partition coefficient (Wildman–Crippen LogP) is 5.55. The molecule has 0 N–H and O–H groups in total. The van der Waals surface area contributed by atoms with E-state index >= 15 is 0 Å². The fraction of sp³-hybridized carbons (Fsp3) is 0.480. The van der Waals surface area contributed by atoms with E-state index in [9.17, 15) is 4.79 Å². The van der Waals surface area contributed by atoms with Gasteiger partial charge in [-0.05, 0) is 42.2 Å². The molecule has 2 aromatic rings. The van der Waals surface area contributed by atoms with E-state index in [1.54, 1.807) is 0 Å². The lowest BCUT2D eigenvalue weighted by molar-refractivity contribution is -0.161. The van der Waals surface area contributed by atoms with Crippen LogP contribution < -0.4 is 0 Å². The average Bonchev–Trinajstić information content (AvgIpc) is 3.16. The van der Waals surface area contributed by atoms with Crippen molar-refractivity contribution in [2.45, 2.75) is 51.0 Å². The van der Waals surface area contributed by atoms with E-state index in [4.69, 9.17) is 4.74 Å². The van der Waals surface area contributed by atoms with Crippen LogP contribution in [-0.2, 0) is 9.53 Å². The molecule has 3 aliphatic carbocycles. The number of fused-ring (bicyclic) bond motifs is 2. The van der Waals surface area contributed by atoms with E-state index in [0.717, 1.165) is 0 Å². The fourth-order valence-corrected chi connectivity index (χ4v) is 6.04. The monoisotopic (exact) mass is 360 g/mol. The Morgan fingerprint density at radius 2 is 1.44 bits per heavy atom. The van der Waals surface area contributed by atoms with Crippen LogP contribution in [0.15, 0.2) is 60.7 Å². The molecule has 3 fully saturated rings. The Balaban J connectivity index is 1.40. The third kappa shape index (κ3) is 2.72. The summed E-state index contributed by atoms with van der Waals surface area (Å²) in [5.74, 6) is 1.73. The summed E-state index contributed by atoms with van der Waals surface area (Å²) in [6, 6.07) is 20.9. The number of carbonyl (C=O) groups is 1. The Morgan fingerprint density at radius 3 is 1.93 bits per heavy atom. The molecule has 2 nitrogen and oxygen atoms in total. The van der Waals surface area contributed by atoms with E-state index in [-0.39, 0.29) is 35.2 Å². The van der Waals surface area contributed by atoms with Gasteiger partial charge in [0, 0.05) is 17.3 Å². The Kier molecular flexibility index (Phi) is 3.93. The van der Waals surface area contributed by atoms with E-state index in [1.165, 1.54) is 30.4 Å². The highest BCUT2D eigenvalue weighted by molar-refractivity contribution is 5.80. The van der Waals surface area contributed by atoms with E-state index in [0.29, 0.717) is 11.8 Å². The molecule has 0 heterocycles. The number of ether oxygens (including phenoxy) is 1. The van der Waals surface area contributed by atoms with Gasteiger partial charge in [-0.15, -0.1) is 0 Å². The van der Waals surface area contributed by atoms with Crippen molar-refractivity contribution in [3.8, 4) is 0 Å². The van der Waals surface area contributed by atoms with Crippen LogP contribution >= 0.6 is 0 Å². The SMILES string of the molecule is CC1(C)[C@H]2CC[C@H](C2)[C@H]1OC(=O)C1[C@@H](c2ccccc2)[C@H]1c1ccccc1. The lowest BCUT2D eigenvalue weighted by Gasteiger charge is -2.37. The van der Waals surface area contributed by atoms with E-state index in [2.05, 4.69) is 62.4 Å². The summed E-state index contributed by atoms with van der Waals surface area (Å²) < 4.78 is 6.25. The third-order valence-electron chi connectivity index (χ3n) is 7.59. The summed E-state index contributed by atoms with van der Waals surface area (Å²) in [7, 11) is 0. The van der Waals surface area contributed by atoms with Crippen LogP contribution in [0.5, 0.6) is 0 Å². The fourth-order valence-electron chi connectivity index (χ4n) is 6.04. The molecular weight excluding hydrogens is 332 g/mol. The molecule has 2 aromatic carbocycles. The van der Waals surface area contributed by atoms with Crippen LogP contribution in [0.25, 0.3) is 0 Å². The van der Waals surface area contributed by atoms with Gasteiger partial charge in [-0.25, -0.2) is 0 Å². The molecule has 0 radical (unpaired) electrons. The first kappa shape index (κ1) is 17.0. The van der Waals surface area contributed by atoms with Crippen molar-refractivity contribution in [3.63, 3.8) is 0 Å². The molecule has 27 heavy (non-hydrogen) atoms. The Labute approximate surface area is 161 Å². The van der Waals surface area contributed by atoms with Gasteiger partial charge >= 0.3 is 5.97 Å². The van der Waals surface area contributed by atoms with Crippen molar-refractivity contribution in [1.29, 1.82) is 0 Å². The van der Waals surface area contributed by atoms with Crippen molar-refractivity contribution in [2.75, 3.05) is 0 Å². The zero-order valence-electron chi connectivity index (χ0n) is 16.2. The summed E-state index contributed by atoms with van der Waals surface area (Å²) in [6.45, 7) is 4.59. The molecule has 2 heteroatoms. The van der Waals surface area contributed by atoms with Crippen LogP contribution in [0.4, 0.5) is 0 Å². The lowest BCUT2D eigenvalue weighted by atomic mass is 9.74. The van der Waals surface area contributed by atoms with Crippen LogP contribution in [0, 0.1) is 23.2 Å². The highest BCUT2D eigenvalue weighted by Crippen LogP contribution is 2.62. The van der Waals surface area contributed by atoms with Crippen molar-refractivity contribution in [2.24, 2.45) is 23.2 Å². The zero-order valence-corrected chi connectivity index (χ0v) is 16.2. The van der Waals surface area contributed by atoms with Crippen molar-refractivity contribution in [1.82, 2.24) is 0 Å². The molecular formula is C25H28O2. The smallest absolute Gasteiger partial charge is 0.310 e. The molecule has 3 aliphatic rings.